The Morgan fingerprint density at radius 3 is 2.48 bits per heavy atom. The van der Waals surface area contributed by atoms with Crippen LogP contribution in [0.4, 0.5) is 5.82 Å². The third-order valence-electron chi connectivity index (χ3n) is 8.18. The zero-order chi connectivity index (χ0) is 28.3. The van der Waals surface area contributed by atoms with Gasteiger partial charge in [-0.2, -0.15) is 5.26 Å². The monoisotopic (exact) mass is 550 g/mol. The van der Waals surface area contributed by atoms with Gasteiger partial charge in [0.15, 0.2) is 0 Å². The number of pyridine rings is 1. The molecular formula is C35H30N6O. The Balaban J connectivity index is 1.09. The summed E-state index contributed by atoms with van der Waals surface area (Å²) in [5.41, 5.74) is 9.54. The van der Waals surface area contributed by atoms with Gasteiger partial charge in [0.2, 0.25) is 5.82 Å². The molecule has 4 heterocycles. The lowest BCUT2D eigenvalue weighted by atomic mass is 9.85. The number of piperidine rings is 1. The molecule has 0 spiro atoms. The Morgan fingerprint density at radius 1 is 0.857 bits per heavy atom. The van der Waals surface area contributed by atoms with Crippen LogP contribution >= 0.6 is 0 Å². The molecule has 0 radical (unpaired) electrons. The van der Waals surface area contributed by atoms with Gasteiger partial charge in [0.05, 0.1) is 0 Å². The average Bonchev–Trinajstić information content (AvgIpc) is 3.06. The first-order valence-electron chi connectivity index (χ1n) is 14.3. The van der Waals surface area contributed by atoms with Gasteiger partial charge in [0.1, 0.15) is 24.2 Å². The van der Waals surface area contributed by atoms with E-state index in [0.717, 1.165) is 49.6 Å². The molecule has 7 rings (SSSR count). The normalized spacial score (nSPS) is 14.7. The molecule has 0 unspecified atom stereocenters. The molecular weight excluding hydrogens is 520 g/mol. The molecule has 3 aromatic carbocycles. The zero-order valence-corrected chi connectivity index (χ0v) is 23.2. The Hall–Kier alpha value is -5.06. The molecule has 5 aromatic rings. The van der Waals surface area contributed by atoms with Crippen LogP contribution in [0.1, 0.15) is 29.8 Å². The molecule has 0 aliphatic carbocycles. The highest BCUT2D eigenvalue weighted by molar-refractivity contribution is 5.92. The van der Waals surface area contributed by atoms with Crippen LogP contribution in [-0.4, -0.2) is 39.0 Å². The second kappa shape index (κ2) is 11.4. The van der Waals surface area contributed by atoms with E-state index in [4.69, 9.17) is 10.00 Å². The minimum absolute atomic E-state index is 0.197. The number of ether oxygens (including phenoxy) is 1. The van der Waals surface area contributed by atoms with Crippen molar-refractivity contribution in [1.29, 1.82) is 5.26 Å². The van der Waals surface area contributed by atoms with Gasteiger partial charge >= 0.3 is 0 Å². The predicted octanol–water partition coefficient (Wildman–Crippen LogP) is 6.71. The maximum atomic E-state index is 9.05. The minimum Gasteiger partial charge on any atom is -0.488 e. The van der Waals surface area contributed by atoms with Crippen LogP contribution in [0.15, 0.2) is 97.5 Å². The van der Waals surface area contributed by atoms with Crippen LogP contribution < -0.4 is 10.1 Å². The van der Waals surface area contributed by atoms with E-state index in [2.05, 4.69) is 91.9 Å². The molecule has 206 valence electrons. The highest BCUT2D eigenvalue weighted by Gasteiger charge is 2.24. The molecule has 2 aliphatic heterocycles. The van der Waals surface area contributed by atoms with E-state index in [-0.39, 0.29) is 5.82 Å². The highest BCUT2D eigenvalue weighted by atomic mass is 16.5. The summed E-state index contributed by atoms with van der Waals surface area (Å²) in [6.07, 6.45) is 7.36. The molecule has 2 aliphatic rings. The van der Waals surface area contributed by atoms with E-state index in [0.29, 0.717) is 12.6 Å². The van der Waals surface area contributed by atoms with Gasteiger partial charge in [-0.3, -0.25) is 9.88 Å². The van der Waals surface area contributed by atoms with Crippen LogP contribution in [-0.2, 0) is 13.2 Å². The summed E-state index contributed by atoms with van der Waals surface area (Å²) in [5.74, 6) is 1.80. The maximum Gasteiger partial charge on any atom is 0.234 e. The number of rotatable bonds is 6. The average molecular weight is 551 g/mol. The van der Waals surface area contributed by atoms with Crippen molar-refractivity contribution < 1.29 is 4.74 Å². The smallest absolute Gasteiger partial charge is 0.234 e. The first-order valence-corrected chi connectivity index (χ1v) is 14.3. The number of likely N-dealkylation sites (tertiary alicyclic amines) is 1. The fraction of sp³-hybridized carbons (Fsp3) is 0.200. The third-order valence-corrected chi connectivity index (χ3v) is 8.18. The molecule has 2 aromatic heterocycles. The molecule has 0 bridgehead atoms. The molecule has 1 N–H and O–H groups in total. The molecule has 1 fully saturated rings. The van der Waals surface area contributed by atoms with Crippen LogP contribution in [0.2, 0.25) is 0 Å². The third kappa shape index (κ3) is 5.20. The van der Waals surface area contributed by atoms with E-state index in [9.17, 15) is 0 Å². The Morgan fingerprint density at radius 2 is 1.67 bits per heavy atom. The summed E-state index contributed by atoms with van der Waals surface area (Å²) in [5, 5.41) is 12.5. The summed E-state index contributed by atoms with van der Waals surface area (Å²) >= 11 is 0. The van der Waals surface area contributed by atoms with Crippen LogP contribution in [0.25, 0.3) is 33.4 Å². The second-order valence-electron chi connectivity index (χ2n) is 10.8. The van der Waals surface area contributed by atoms with Crippen molar-refractivity contribution in [2.24, 2.45) is 0 Å². The van der Waals surface area contributed by atoms with Crippen molar-refractivity contribution in [2.75, 3.05) is 18.4 Å². The first-order chi connectivity index (χ1) is 20.7. The predicted molar refractivity (Wildman–Crippen MR) is 164 cm³/mol. The van der Waals surface area contributed by atoms with Crippen LogP contribution in [0.3, 0.4) is 0 Å². The van der Waals surface area contributed by atoms with Gasteiger partial charge in [0, 0.05) is 55.4 Å². The zero-order valence-electron chi connectivity index (χ0n) is 23.2. The van der Waals surface area contributed by atoms with Gasteiger partial charge < -0.3 is 10.1 Å². The lowest BCUT2D eigenvalue weighted by Crippen LogP contribution is -2.38. The molecule has 1 saturated heterocycles. The SMILES string of the molecule is N#Cc1nccc(NC2CCN(Cc3ccc(-c4ccc5c(c4-c4ccccc4)COc4ccncc4-5)cc3)CC2)n1. The largest absolute Gasteiger partial charge is 0.488 e. The minimum atomic E-state index is 0.197. The van der Waals surface area contributed by atoms with Gasteiger partial charge in [-0.1, -0.05) is 66.7 Å². The molecule has 0 atom stereocenters. The van der Waals surface area contributed by atoms with E-state index in [1.54, 1.807) is 12.4 Å². The number of nitrogens with one attached hydrogen (secondary N) is 1. The molecule has 0 saturated carbocycles. The number of hydrogen-bond acceptors (Lipinski definition) is 7. The van der Waals surface area contributed by atoms with Crippen molar-refractivity contribution in [3.8, 4) is 45.2 Å². The second-order valence-corrected chi connectivity index (χ2v) is 10.8. The standard InChI is InChI=1S/C35H30N6O/c36-20-34-38-17-13-33(40-34)39-27-14-18-41(19-15-27)22-24-6-8-25(9-7-24)28-10-11-29-30-21-37-16-12-32(30)42-23-31(29)35(28)26-4-2-1-3-5-26/h1-13,16-17,21,27H,14-15,18-19,22-23H2,(H,38,39,40). The van der Waals surface area contributed by atoms with E-state index >= 15 is 0 Å². The van der Waals surface area contributed by atoms with Gasteiger partial charge in [-0.25, -0.2) is 9.97 Å². The summed E-state index contributed by atoms with van der Waals surface area (Å²) in [6, 6.07) is 30.2. The number of benzene rings is 3. The summed E-state index contributed by atoms with van der Waals surface area (Å²) in [6.45, 7) is 3.47. The van der Waals surface area contributed by atoms with Crippen molar-refractivity contribution in [3.63, 3.8) is 0 Å². The fourth-order valence-electron chi connectivity index (χ4n) is 6.07. The lowest BCUT2D eigenvalue weighted by Gasteiger charge is -2.32. The summed E-state index contributed by atoms with van der Waals surface area (Å²) < 4.78 is 6.19. The van der Waals surface area contributed by atoms with Gasteiger partial charge in [0.25, 0.3) is 0 Å². The maximum absolute atomic E-state index is 9.05. The number of hydrogen-bond donors (Lipinski definition) is 1. The fourth-order valence-corrected chi connectivity index (χ4v) is 6.07. The summed E-state index contributed by atoms with van der Waals surface area (Å²) in [4.78, 5) is 15.1. The number of anilines is 1. The van der Waals surface area contributed by atoms with Crippen molar-refractivity contribution >= 4 is 5.82 Å². The first kappa shape index (κ1) is 25.9. The quantitative estimate of drug-likeness (QED) is 0.251. The number of fused-ring (bicyclic) bond motifs is 3. The topological polar surface area (TPSA) is 87.0 Å². The summed E-state index contributed by atoms with van der Waals surface area (Å²) in [7, 11) is 0. The molecule has 42 heavy (non-hydrogen) atoms. The van der Waals surface area contributed by atoms with E-state index in [1.807, 2.05) is 24.4 Å². The van der Waals surface area contributed by atoms with E-state index < -0.39 is 0 Å². The Kier molecular flexibility index (Phi) is 7.05. The Bertz CT molecular complexity index is 1760. The van der Waals surface area contributed by atoms with Crippen molar-refractivity contribution in [2.45, 2.75) is 32.0 Å². The van der Waals surface area contributed by atoms with Crippen molar-refractivity contribution in [3.05, 3.63) is 114 Å². The Labute approximate surface area is 245 Å². The van der Waals surface area contributed by atoms with E-state index in [1.165, 1.54) is 38.9 Å². The number of nitrogens with zero attached hydrogens (tertiary/aromatic N) is 5. The molecule has 7 nitrogen and oxygen atoms in total. The lowest BCUT2D eigenvalue weighted by molar-refractivity contribution is 0.211. The highest BCUT2D eigenvalue weighted by Crippen LogP contribution is 2.45. The number of aromatic nitrogens is 3. The van der Waals surface area contributed by atoms with Crippen LogP contribution in [0.5, 0.6) is 5.75 Å². The van der Waals surface area contributed by atoms with Gasteiger partial charge in [-0.15, -0.1) is 0 Å². The van der Waals surface area contributed by atoms with Crippen molar-refractivity contribution in [1.82, 2.24) is 19.9 Å². The molecule has 7 heteroatoms. The number of nitriles is 1. The molecule has 0 amide bonds. The van der Waals surface area contributed by atoms with Gasteiger partial charge in [-0.05, 0) is 58.4 Å². The van der Waals surface area contributed by atoms with Crippen LogP contribution in [0, 0.1) is 11.3 Å².